The first-order chi connectivity index (χ1) is 12.1. The van der Waals surface area contributed by atoms with Gasteiger partial charge in [-0.25, -0.2) is 4.98 Å². The third-order valence-electron chi connectivity index (χ3n) is 5.01. The number of H-pyrrole nitrogens is 1. The van der Waals surface area contributed by atoms with Crippen LogP contribution in [0.15, 0.2) is 24.7 Å². The molecule has 3 heterocycles. The first-order valence-corrected chi connectivity index (χ1v) is 9.15. The summed E-state index contributed by atoms with van der Waals surface area (Å²) in [6, 6.07) is 1.88. The lowest BCUT2D eigenvalue weighted by atomic mass is 9.96. The van der Waals surface area contributed by atoms with Gasteiger partial charge in [0.25, 0.3) is 5.91 Å². The summed E-state index contributed by atoms with van der Waals surface area (Å²) in [4.78, 5) is 24.7. The van der Waals surface area contributed by atoms with E-state index in [0.29, 0.717) is 5.92 Å². The molecule has 3 rings (SSSR count). The predicted molar refractivity (Wildman–Crippen MR) is 98.8 cm³/mol. The lowest BCUT2D eigenvalue weighted by Gasteiger charge is -2.32. The quantitative estimate of drug-likeness (QED) is 0.877. The Hall–Kier alpha value is -2.08. The van der Waals surface area contributed by atoms with Gasteiger partial charge in [-0.05, 0) is 52.9 Å². The number of hydrogen-bond acceptors (Lipinski definition) is 3. The van der Waals surface area contributed by atoms with Crippen molar-refractivity contribution >= 4 is 5.91 Å². The highest BCUT2D eigenvalue weighted by Crippen LogP contribution is 2.27. The smallest absolute Gasteiger partial charge is 0.255 e. The standard InChI is InChI=1S/C19H29N5O/c1-15-17(7-8-20-15)19(25)24-11-4-6-16(14-24)18-21-9-13-23(18)12-5-10-22(2)3/h7-9,13,16,20H,4-6,10-12,14H2,1-3H3/t16-/m0/s1. The monoisotopic (exact) mass is 343 g/mol. The zero-order valence-corrected chi connectivity index (χ0v) is 15.5. The lowest BCUT2D eigenvalue weighted by molar-refractivity contribution is 0.0702. The zero-order valence-electron chi connectivity index (χ0n) is 15.5. The van der Waals surface area contributed by atoms with Crippen molar-refractivity contribution in [2.45, 2.75) is 38.6 Å². The normalized spacial score (nSPS) is 18.1. The van der Waals surface area contributed by atoms with E-state index in [2.05, 4.69) is 39.7 Å². The molecule has 1 N–H and O–H groups in total. The summed E-state index contributed by atoms with van der Waals surface area (Å²) in [6.07, 6.45) is 9.03. The van der Waals surface area contributed by atoms with Crippen LogP contribution in [0.1, 0.15) is 47.1 Å². The van der Waals surface area contributed by atoms with Crippen LogP contribution >= 0.6 is 0 Å². The van der Waals surface area contributed by atoms with Gasteiger partial charge in [-0.3, -0.25) is 4.79 Å². The predicted octanol–water partition coefficient (Wildman–Crippen LogP) is 2.49. The molecule has 0 aliphatic carbocycles. The molecule has 1 amide bonds. The number of aromatic amines is 1. The van der Waals surface area contributed by atoms with Crippen molar-refractivity contribution in [2.24, 2.45) is 0 Å². The van der Waals surface area contributed by atoms with Crippen LogP contribution in [0.5, 0.6) is 0 Å². The Morgan fingerprint density at radius 1 is 1.44 bits per heavy atom. The van der Waals surface area contributed by atoms with Crippen LogP contribution in [0.3, 0.4) is 0 Å². The number of carbonyl (C=O) groups excluding carboxylic acids is 1. The molecule has 136 valence electrons. The van der Waals surface area contributed by atoms with Crippen LogP contribution in [-0.2, 0) is 6.54 Å². The molecular weight excluding hydrogens is 314 g/mol. The molecule has 6 heteroatoms. The third-order valence-corrected chi connectivity index (χ3v) is 5.01. The number of nitrogens with zero attached hydrogens (tertiary/aromatic N) is 4. The fraction of sp³-hybridized carbons (Fsp3) is 0.579. The second-order valence-corrected chi connectivity index (χ2v) is 7.24. The number of likely N-dealkylation sites (tertiary alicyclic amines) is 1. The van der Waals surface area contributed by atoms with Gasteiger partial charge in [0, 0.05) is 49.8 Å². The van der Waals surface area contributed by atoms with E-state index in [4.69, 9.17) is 0 Å². The molecule has 1 aliphatic rings. The average molecular weight is 343 g/mol. The van der Waals surface area contributed by atoms with Crippen molar-refractivity contribution < 1.29 is 4.79 Å². The van der Waals surface area contributed by atoms with Gasteiger partial charge in [-0.15, -0.1) is 0 Å². The summed E-state index contributed by atoms with van der Waals surface area (Å²) in [5.41, 5.74) is 1.73. The van der Waals surface area contributed by atoms with Gasteiger partial charge in [-0.2, -0.15) is 0 Å². The number of carbonyl (C=O) groups is 1. The molecule has 0 unspecified atom stereocenters. The van der Waals surface area contributed by atoms with Crippen molar-refractivity contribution in [1.82, 2.24) is 24.3 Å². The van der Waals surface area contributed by atoms with Gasteiger partial charge in [-0.1, -0.05) is 0 Å². The molecule has 1 fully saturated rings. The highest BCUT2D eigenvalue weighted by Gasteiger charge is 2.28. The minimum absolute atomic E-state index is 0.133. The van der Waals surface area contributed by atoms with Crippen molar-refractivity contribution in [3.8, 4) is 0 Å². The number of hydrogen-bond donors (Lipinski definition) is 1. The van der Waals surface area contributed by atoms with Gasteiger partial charge in [0.05, 0.1) is 5.56 Å². The van der Waals surface area contributed by atoms with Gasteiger partial charge in [0.15, 0.2) is 0 Å². The average Bonchev–Trinajstić information content (AvgIpc) is 3.23. The molecule has 6 nitrogen and oxygen atoms in total. The van der Waals surface area contributed by atoms with Crippen LogP contribution in [0, 0.1) is 6.92 Å². The Balaban J connectivity index is 1.67. The number of imidazole rings is 1. The molecule has 2 aromatic rings. The summed E-state index contributed by atoms with van der Waals surface area (Å²) in [7, 11) is 4.20. The largest absolute Gasteiger partial charge is 0.365 e. The molecule has 25 heavy (non-hydrogen) atoms. The van der Waals surface area contributed by atoms with Crippen LogP contribution in [0.4, 0.5) is 0 Å². The summed E-state index contributed by atoms with van der Waals surface area (Å²) in [5, 5.41) is 0. The second-order valence-electron chi connectivity index (χ2n) is 7.24. The molecule has 1 saturated heterocycles. The molecule has 0 spiro atoms. The van der Waals surface area contributed by atoms with Crippen molar-refractivity contribution in [1.29, 1.82) is 0 Å². The molecule has 1 atom stereocenters. The minimum atomic E-state index is 0.133. The van der Waals surface area contributed by atoms with E-state index in [1.165, 1.54) is 0 Å². The first kappa shape index (κ1) is 17.7. The van der Waals surface area contributed by atoms with Crippen molar-refractivity contribution in [3.05, 3.63) is 41.7 Å². The zero-order chi connectivity index (χ0) is 17.8. The summed E-state index contributed by atoms with van der Waals surface area (Å²) < 4.78 is 2.27. The Morgan fingerprint density at radius 3 is 3.00 bits per heavy atom. The van der Waals surface area contributed by atoms with E-state index in [9.17, 15) is 4.79 Å². The Kier molecular flexibility index (Phi) is 5.58. The molecule has 0 radical (unpaired) electrons. The van der Waals surface area contributed by atoms with Gasteiger partial charge in [0.2, 0.25) is 0 Å². The van der Waals surface area contributed by atoms with Gasteiger partial charge >= 0.3 is 0 Å². The fourth-order valence-electron chi connectivity index (χ4n) is 3.65. The summed E-state index contributed by atoms with van der Waals surface area (Å²) >= 11 is 0. The number of aryl methyl sites for hydroxylation is 2. The highest BCUT2D eigenvalue weighted by atomic mass is 16.2. The topological polar surface area (TPSA) is 57.2 Å². The SMILES string of the molecule is Cc1[nH]ccc1C(=O)N1CCC[C@H](c2nccn2CCCN(C)C)C1. The van der Waals surface area contributed by atoms with Crippen LogP contribution in [-0.4, -0.2) is 64.0 Å². The molecule has 2 aromatic heterocycles. The highest BCUT2D eigenvalue weighted by molar-refractivity contribution is 5.95. The maximum atomic E-state index is 12.8. The number of aromatic nitrogens is 3. The van der Waals surface area contributed by atoms with Crippen LogP contribution in [0.25, 0.3) is 0 Å². The van der Waals surface area contributed by atoms with Crippen LogP contribution < -0.4 is 0 Å². The van der Waals surface area contributed by atoms with Crippen molar-refractivity contribution in [2.75, 3.05) is 33.7 Å². The number of rotatable bonds is 6. The van der Waals surface area contributed by atoms with E-state index >= 15 is 0 Å². The van der Waals surface area contributed by atoms with Crippen LogP contribution in [0.2, 0.25) is 0 Å². The summed E-state index contributed by atoms with van der Waals surface area (Å²) in [5.74, 6) is 1.59. The molecule has 0 bridgehead atoms. The van der Waals surface area contributed by atoms with E-state index in [1.807, 2.05) is 30.3 Å². The fourth-order valence-corrected chi connectivity index (χ4v) is 3.65. The van der Waals surface area contributed by atoms with Crippen molar-refractivity contribution in [3.63, 3.8) is 0 Å². The number of nitrogens with one attached hydrogen (secondary N) is 1. The molecule has 0 aromatic carbocycles. The maximum absolute atomic E-state index is 12.8. The minimum Gasteiger partial charge on any atom is -0.365 e. The Morgan fingerprint density at radius 2 is 2.28 bits per heavy atom. The van der Waals surface area contributed by atoms with Gasteiger partial charge in [0.1, 0.15) is 5.82 Å². The Labute approximate surface area is 149 Å². The molecule has 0 saturated carbocycles. The summed E-state index contributed by atoms with van der Waals surface area (Å²) in [6.45, 7) is 5.59. The lowest BCUT2D eigenvalue weighted by Crippen LogP contribution is -2.40. The molecule has 1 aliphatic heterocycles. The van der Waals surface area contributed by atoms with E-state index in [0.717, 1.165) is 62.5 Å². The van der Waals surface area contributed by atoms with E-state index in [1.54, 1.807) is 0 Å². The van der Waals surface area contributed by atoms with E-state index in [-0.39, 0.29) is 5.91 Å². The van der Waals surface area contributed by atoms with Gasteiger partial charge < -0.3 is 19.4 Å². The number of amides is 1. The van der Waals surface area contributed by atoms with E-state index < -0.39 is 0 Å². The number of piperidine rings is 1. The second kappa shape index (κ2) is 7.87. The third kappa shape index (κ3) is 4.12. The maximum Gasteiger partial charge on any atom is 0.255 e. The molecular formula is C19H29N5O. The first-order valence-electron chi connectivity index (χ1n) is 9.15. The Bertz CT molecular complexity index is 702.